The molecule has 0 radical (unpaired) electrons. The molecule has 0 saturated carbocycles. The Labute approximate surface area is 96.6 Å². The number of hydrogen-bond acceptors (Lipinski definition) is 3. The van der Waals surface area contributed by atoms with Crippen LogP contribution >= 0.6 is 0 Å². The van der Waals surface area contributed by atoms with Crippen molar-refractivity contribution in [3.05, 3.63) is 23.8 Å². The number of halogens is 2. The lowest BCUT2D eigenvalue weighted by Gasteiger charge is -2.19. The van der Waals surface area contributed by atoms with Gasteiger partial charge in [0.05, 0.1) is 5.69 Å². The number of nitrogens with zero attached hydrogens (tertiary/aromatic N) is 1. The van der Waals surface area contributed by atoms with Crippen LogP contribution in [0.1, 0.15) is 6.42 Å². The van der Waals surface area contributed by atoms with Gasteiger partial charge in [-0.2, -0.15) is 0 Å². The van der Waals surface area contributed by atoms with E-state index in [0.29, 0.717) is 6.07 Å². The predicted octanol–water partition coefficient (Wildman–Crippen LogP) is 0.892. The molecule has 0 bridgehead atoms. The number of aliphatic hydroxyl groups is 1. The monoisotopic (exact) mass is 242 g/mol. The van der Waals surface area contributed by atoms with Crippen LogP contribution in [0.25, 0.3) is 0 Å². The van der Waals surface area contributed by atoms with Crippen molar-refractivity contribution in [3.63, 3.8) is 0 Å². The molecule has 92 valence electrons. The van der Waals surface area contributed by atoms with Gasteiger partial charge in [0.1, 0.15) is 11.5 Å². The van der Waals surface area contributed by atoms with E-state index >= 15 is 0 Å². The van der Waals surface area contributed by atoms with Crippen molar-refractivity contribution in [1.29, 1.82) is 0 Å². The quantitative estimate of drug-likeness (QED) is 0.757. The highest BCUT2D eigenvalue weighted by Gasteiger charge is 2.32. The molecule has 1 fully saturated rings. The Bertz CT molecular complexity index is 442. The van der Waals surface area contributed by atoms with Crippen LogP contribution in [0.2, 0.25) is 0 Å². The van der Waals surface area contributed by atoms with Crippen molar-refractivity contribution in [2.24, 2.45) is 5.92 Å². The number of nitrogens with two attached hydrogens (primary N) is 1. The molecule has 1 unspecified atom stereocenters. The van der Waals surface area contributed by atoms with Crippen LogP contribution in [0.15, 0.2) is 12.1 Å². The highest BCUT2D eigenvalue weighted by molar-refractivity contribution is 5.98. The average molecular weight is 242 g/mol. The summed E-state index contributed by atoms with van der Waals surface area (Å²) >= 11 is 0. The lowest BCUT2D eigenvalue weighted by atomic mass is 10.1. The first-order chi connectivity index (χ1) is 8.02. The van der Waals surface area contributed by atoms with E-state index in [4.69, 9.17) is 10.8 Å². The summed E-state index contributed by atoms with van der Waals surface area (Å²) in [5, 5.41) is 8.97. The maximum atomic E-state index is 13.6. The number of carbonyl (C=O) groups is 1. The lowest BCUT2D eigenvalue weighted by molar-refractivity contribution is -0.117. The van der Waals surface area contributed by atoms with Crippen molar-refractivity contribution < 1.29 is 18.7 Å². The summed E-state index contributed by atoms with van der Waals surface area (Å²) < 4.78 is 26.5. The van der Waals surface area contributed by atoms with E-state index < -0.39 is 11.6 Å². The second kappa shape index (κ2) is 4.29. The van der Waals surface area contributed by atoms with E-state index in [0.717, 1.165) is 11.0 Å². The van der Waals surface area contributed by atoms with Crippen molar-refractivity contribution in [2.75, 3.05) is 23.8 Å². The summed E-state index contributed by atoms with van der Waals surface area (Å²) in [5.74, 6) is -2.20. The maximum Gasteiger partial charge on any atom is 0.227 e. The Morgan fingerprint density at radius 2 is 2.18 bits per heavy atom. The largest absolute Gasteiger partial charge is 0.397 e. The van der Waals surface area contributed by atoms with E-state index in [9.17, 15) is 13.6 Å². The molecule has 1 heterocycles. The number of aliphatic hydroxyl groups excluding tert-OH is 1. The van der Waals surface area contributed by atoms with Gasteiger partial charge in [0.25, 0.3) is 0 Å². The number of hydrogen-bond donors (Lipinski definition) is 2. The molecule has 6 heteroatoms. The molecule has 0 spiro atoms. The zero-order valence-corrected chi connectivity index (χ0v) is 8.99. The van der Waals surface area contributed by atoms with Gasteiger partial charge in [-0.15, -0.1) is 0 Å². The Morgan fingerprint density at radius 3 is 2.71 bits per heavy atom. The molecule has 1 aromatic carbocycles. The minimum Gasteiger partial charge on any atom is -0.397 e. The SMILES string of the molecule is Nc1cc(F)cc(F)c1N1CC(CO)CC1=O. The fourth-order valence-electron chi connectivity index (χ4n) is 1.99. The van der Waals surface area contributed by atoms with Crippen LogP contribution in [0.3, 0.4) is 0 Å². The summed E-state index contributed by atoms with van der Waals surface area (Å²) in [6.07, 6.45) is 0.146. The number of nitrogen functional groups attached to an aromatic ring is 1. The molecule has 1 saturated heterocycles. The molecule has 3 N–H and O–H groups in total. The number of carbonyl (C=O) groups excluding carboxylic acids is 1. The Kier molecular flexibility index (Phi) is 2.97. The Hall–Kier alpha value is -1.69. The van der Waals surface area contributed by atoms with Crippen LogP contribution in [0, 0.1) is 17.6 Å². The number of rotatable bonds is 2. The Balaban J connectivity index is 2.38. The molecule has 1 atom stereocenters. The van der Waals surface area contributed by atoms with Gasteiger partial charge in [-0.05, 0) is 6.07 Å². The van der Waals surface area contributed by atoms with E-state index in [1.807, 2.05) is 0 Å². The first kappa shape index (κ1) is 11.8. The Morgan fingerprint density at radius 1 is 1.47 bits per heavy atom. The standard InChI is InChI=1S/C11H12F2N2O2/c12-7-2-8(13)11(9(14)3-7)15-4-6(5-16)1-10(15)17/h2-3,6,16H,1,4-5,14H2. The summed E-state index contributed by atoms with van der Waals surface area (Å²) in [7, 11) is 0. The number of benzene rings is 1. The molecule has 1 amide bonds. The topological polar surface area (TPSA) is 66.6 Å². The van der Waals surface area contributed by atoms with Crippen LogP contribution in [-0.2, 0) is 4.79 Å². The van der Waals surface area contributed by atoms with Gasteiger partial charge in [0, 0.05) is 31.6 Å². The fraction of sp³-hybridized carbons (Fsp3) is 0.364. The van der Waals surface area contributed by atoms with Crippen LogP contribution in [0.4, 0.5) is 20.2 Å². The van der Waals surface area contributed by atoms with E-state index in [1.54, 1.807) is 0 Å². The third-order valence-electron chi connectivity index (χ3n) is 2.79. The summed E-state index contributed by atoms with van der Waals surface area (Å²) in [6.45, 7) is 0.0487. The minimum absolute atomic E-state index is 0.104. The number of amides is 1. The van der Waals surface area contributed by atoms with E-state index in [1.165, 1.54) is 0 Å². The number of anilines is 2. The highest BCUT2D eigenvalue weighted by Crippen LogP contribution is 2.32. The molecule has 1 aliphatic rings. The van der Waals surface area contributed by atoms with E-state index in [2.05, 4.69) is 0 Å². The smallest absolute Gasteiger partial charge is 0.227 e. The van der Waals surface area contributed by atoms with Gasteiger partial charge in [-0.25, -0.2) is 8.78 Å². The van der Waals surface area contributed by atoms with Crippen molar-refractivity contribution in [3.8, 4) is 0 Å². The molecule has 4 nitrogen and oxygen atoms in total. The van der Waals surface area contributed by atoms with Crippen LogP contribution in [-0.4, -0.2) is 24.2 Å². The van der Waals surface area contributed by atoms with E-state index in [-0.39, 0.29) is 42.8 Å². The lowest BCUT2D eigenvalue weighted by Crippen LogP contribution is -2.27. The van der Waals surface area contributed by atoms with Crippen molar-refractivity contribution in [2.45, 2.75) is 6.42 Å². The molecule has 2 rings (SSSR count). The third-order valence-corrected chi connectivity index (χ3v) is 2.79. The molecule has 17 heavy (non-hydrogen) atoms. The highest BCUT2D eigenvalue weighted by atomic mass is 19.1. The zero-order chi connectivity index (χ0) is 12.6. The summed E-state index contributed by atoms with van der Waals surface area (Å²) in [4.78, 5) is 12.8. The van der Waals surface area contributed by atoms with Gasteiger partial charge in [-0.1, -0.05) is 0 Å². The minimum atomic E-state index is -0.866. The molecular formula is C11H12F2N2O2. The predicted molar refractivity (Wildman–Crippen MR) is 58.3 cm³/mol. The first-order valence-electron chi connectivity index (χ1n) is 5.18. The van der Waals surface area contributed by atoms with Gasteiger partial charge in [-0.3, -0.25) is 4.79 Å². The fourth-order valence-corrected chi connectivity index (χ4v) is 1.99. The van der Waals surface area contributed by atoms with Gasteiger partial charge in [0.15, 0.2) is 5.82 Å². The van der Waals surface area contributed by atoms with Gasteiger partial charge >= 0.3 is 0 Å². The average Bonchev–Trinajstić information content (AvgIpc) is 2.59. The molecule has 1 aromatic rings. The zero-order valence-electron chi connectivity index (χ0n) is 8.99. The normalized spacial score (nSPS) is 20.1. The van der Waals surface area contributed by atoms with Gasteiger partial charge in [0.2, 0.25) is 5.91 Å². The second-order valence-electron chi connectivity index (χ2n) is 4.08. The van der Waals surface area contributed by atoms with Crippen molar-refractivity contribution >= 4 is 17.3 Å². The first-order valence-corrected chi connectivity index (χ1v) is 5.18. The summed E-state index contributed by atoms with van der Waals surface area (Å²) in [6, 6.07) is 1.66. The molecular weight excluding hydrogens is 230 g/mol. The maximum absolute atomic E-state index is 13.6. The van der Waals surface area contributed by atoms with Crippen LogP contribution in [0.5, 0.6) is 0 Å². The molecule has 0 aromatic heterocycles. The summed E-state index contributed by atoms with van der Waals surface area (Å²) in [5.41, 5.74) is 5.29. The molecule has 0 aliphatic carbocycles. The van der Waals surface area contributed by atoms with Crippen molar-refractivity contribution in [1.82, 2.24) is 0 Å². The molecule has 1 aliphatic heterocycles. The second-order valence-corrected chi connectivity index (χ2v) is 4.08. The van der Waals surface area contributed by atoms with Gasteiger partial charge < -0.3 is 15.7 Å². The third kappa shape index (κ3) is 2.08. The van der Waals surface area contributed by atoms with Crippen LogP contribution < -0.4 is 10.6 Å².